The van der Waals surface area contributed by atoms with E-state index in [0.29, 0.717) is 16.0 Å². The van der Waals surface area contributed by atoms with E-state index in [2.05, 4.69) is 0 Å². The van der Waals surface area contributed by atoms with Gasteiger partial charge >= 0.3 is 0 Å². The number of benzene rings is 1. The first kappa shape index (κ1) is 8.60. The predicted molar refractivity (Wildman–Crippen MR) is 52.5 cm³/mol. The highest BCUT2D eigenvalue weighted by atomic mass is 35.5. The summed E-state index contributed by atoms with van der Waals surface area (Å²) in [7, 11) is 0. The molecule has 0 atom stereocenters. The molecule has 0 N–H and O–H groups in total. The molecule has 0 aliphatic heterocycles. The van der Waals surface area contributed by atoms with Crippen molar-refractivity contribution in [3.05, 3.63) is 44.7 Å². The first-order valence-electron chi connectivity index (χ1n) is 3.55. The number of halogens is 2. The van der Waals surface area contributed by atoms with E-state index < -0.39 is 0 Å². The van der Waals surface area contributed by atoms with E-state index in [4.69, 9.17) is 27.6 Å². The largest absolute Gasteiger partial charge is 0.463 e. The summed E-state index contributed by atoms with van der Waals surface area (Å²) in [5.74, 6) is 0. The van der Waals surface area contributed by atoms with Crippen LogP contribution in [0.1, 0.15) is 0 Å². The van der Waals surface area contributed by atoms with Gasteiger partial charge in [0, 0.05) is 5.02 Å². The molecule has 1 aromatic heterocycles. The third-order valence-electron chi connectivity index (χ3n) is 1.69. The molecule has 66 valence electrons. The van der Waals surface area contributed by atoms with Crippen LogP contribution in [0.15, 0.2) is 33.7 Å². The zero-order chi connectivity index (χ0) is 9.42. The van der Waals surface area contributed by atoms with Gasteiger partial charge in [-0.1, -0.05) is 23.2 Å². The van der Waals surface area contributed by atoms with Crippen molar-refractivity contribution in [2.45, 2.75) is 0 Å². The standard InChI is InChI=1S/C9H4Cl2O2/c10-5-1-2-8-6(3-5)9(12)7(11)4-13-8/h1-4H. The van der Waals surface area contributed by atoms with E-state index in [1.807, 2.05) is 0 Å². The number of fused-ring (bicyclic) bond motifs is 1. The molecule has 0 radical (unpaired) electrons. The molecule has 1 aromatic carbocycles. The van der Waals surface area contributed by atoms with Crippen molar-refractivity contribution >= 4 is 34.2 Å². The zero-order valence-electron chi connectivity index (χ0n) is 6.38. The Morgan fingerprint density at radius 2 is 2.00 bits per heavy atom. The summed E-state index contributed by atoms with van der Waals surface area (Å²) in [5, 5.41) is 0.955. The molecule has 0 saturated heterocycles. The topological polar surface area (TPSA) is 30.2 Å². The molecular formula is C9H4Cl2O2. The summed E-state index contributed by atoms with van der Waals surface area (Å²) in [6, 6.07) is 4.82. The lowest BCUT2D eigenvalue weighted by Crippen LogP contribution is -2.00. The molecule has 0 saturated carbocycles. The van der Waals surface area contributed by atoms with Gasteiger partial charge in [-0.2, -0.15) is 0 Å². The van der Waals surface area contributed by atoms with Crippen LogP contribution in [0.25, 0.3) is 11.0 Å². The van der Waals surface area contributed by atoms with E-state index >= 15 is 0 Å². The van der Waals surface area contributed by atoms with Gasteiger partial charge in [-0.3, -0.25) is 4.79 Å². The fourth-order valence-corrected chi connectivity index (χ4v) is 1.40. The molecule has 2 aromatic rings. The number of hydrogen-bond acceptors (Lipinski definition) is 2. The Labute approximate surface area is 83.7 Å². The van der Waals surface area contributed by atoms with Gasteiger partial charge in [-0.05, 0) is 18.2 Å². The molecule has 0 fully saturated rings. The molecule has 0 bridgehead atoms. The molecule has 0 aliphatic carbocycles. The van der Waals surface area contributed by atoms with E-state index in [0.717, 1.165) is 0 Å². The van der Waals surface area contributed by atoms with Crippen LogP contribution in [0.3, 0.4) is 0 Å². The van der Waals surface area contributed by atoms with E-state index in [1.165, 1.54) is 12.3 Å². The summed E-state index contributed by atoms with van der Waals surface area (Å²) in [5.41, 5.74) is 0.226. The van der Waals surface area contributed by atoms with Gasteiger partial charge in [0.2, 0.25) is 5.43 Å². The summed E-state index contributed by atoms with van der Waals surface area (Å²) >= 11 is 11.3. The van der Waals surface area contributed by atoms with Crippen LogP contribution in [-0.2, 0) is 0 Å². The Morgan fingerprint density at radius 3 is 2.77 bits per heavy atom. The molecule has 0 aliphatic rings. The summed E-state index contributed by atoms with van der Waals surface area (Å²) in [4.78, 5) is 11.4. The van der Waals surface area contributed by atoms with E-state index in [9.17, 15) is 4.79 Å². The second-order valence-corrected chi connectivity index (χ2v) is 3.40. The molecule has 0 unspecified atom stereocenters. The Hall–Kier alpha value is -0.990. The van der Waals surface area contributed by atoms with Crippen LogP contribution in [0.2, 0.25) is 10.0 Å². The molecule has 2 rings (SSSR count). The highest BCUT2D eigenvalue weighted by molar-refractivity contribution is 6.32. The maximum atomic E-state index is 11.4. The Balaban J connectivity index is 2.97. The van der Waals surface area contributed by atoms with Gasteiger partial charge in [0.05, 0.1) is 5.39 Å². The van der Waals surface area contributed by atoms with Crippen molar-refractivity contribution in [3.63, 3.8) is 0 Å². The average Bonchev–Trinajstić information content (AvgIpc) is 2.12. The van der Waals surface area contributed by atoms with Gasteiger partial charge in [-0.15, -0.1) is 0 Å². The third kappa shape index (κ3) is 1.43. The van der Waals surface area contributed by atoms with E-state index in [-0.39, 0.29) is 10.5 Å². The quantitative estimate of drug-likeness (QED) is 0.675. The molecule has 1 heterocycles. The van der Waals surface area contributed by atoms with Crippen molar-refractivity contribution in [1.29, 1.82) is 0 Å². The minimum absolute atomic E-state index is 0.0646. The zero-order valence-corrected chi connectivity index (χ0v) is 7.89. The molecule has 0 amide bonds. The molecule has 4 heteroatoms. The van der Waals surface area contributed by atoms with E-state index in [1.54, 1.807) is 12.1 Å². The maximum absolute atomic E-state index is 11.4. The lowest BCUT2D eigenvalue weighted by atomic mass is 10.2. The minimum atomic E-state index is -0.259. The molecule has 0 spiro atoms. The van der Waals surface area contributed by atoms with Gasteiger partial charge in [-0.25, -0.2) is 0 Å². The van der Waals surface area contributed by atoms with Gasteiger partial charge in [0.25, 0.3) is 0 Å². The van der Waals surface area contributed by atoms with Crippen LogP contribution >= 0.6 is 23.2 Å². The summed E-state index contributed by atoms with van der Waals surface area (Å²) < 4.78 is 5.09. The fraction of sp³-hybridized carbons (Fsp3) is 0. The minimum Gasteiger partial charge on any atom is -0.463 e. The summed E-state index contributed by atoms with van der Waals surface area (Å²) in [6.45, 7) is 0. The molecule has 2 nitrogen and oxygen atoms in total. The van der Waals surface area contributed by atoms with Crippen molar-refractivity contribution in [2.75, 3.05) is 0 Å². The van der Waals surface area contributed by atoms with Crippen molar-refractivity contribution in [3.8, 4) is 0 Å². The average molecular weight is 215 g/mol. The van der Waals surface area contributed by atoms with Gasteiger partial charge in [0.15, 0.2) is 0 Å². The second kappa shape index (κ2) is 3.05. The van der Waals surface area contributed by atoms with Crippen LogP contribution in [0, 0.1) is 0 Å². The maximum Gasteiger partial charge on any atom is 0.211 e. The molecule has 13 heavy (non-hydrogen) atoms. The van der Waals surface area contributed by atoms with Gasteiger partial charge in [0.1, 0.15) is 16.9 Å². The molecular weight excluding hydrogens is 211 g/mol. The normalized spacial score (nSPS) is 10.6. The number of hydrogen-bond donors (Lipinski definition) is 0. The monoisotopic (exact) mass is 214 g/mol. The lowest BCUT2D eigenvalue weighted by molar-refractivity contribution is 0.603. The van der Waals surface area contributed by atoms with Gasteiger partial charge < -0.3 is 4.42 Å². The Morgan fingerprint density at radius 1 is 1.23 bits per heavy atom. The number of rotatable bonds is 0. The smallest absolute Gasteiger partial charge is 0.211 e. The van der Waals surface area contributed by atoms with Crippen molar-refractivity contribution in [1.82, 2.24) is 0 Å². The van der Waals surface area contributed by atoms with Crippen molar-refractivity contribution < 1.29 is 4.42 Å². The lowest BCUT2D eigenvalue weighted by Gasteiger charge is -1.96. The first-order valence-corrected chi connectivity index (χ1v) is 4.30. The highest BCUT2D eigenvalue weighted by Gasteiger charge is 2.04. The van der Waals surface area contributed by atoms with Crippen molar-refractivity contribution in [2.24, 2.45) is 0 Å². The van der Waals surface area contributed by atoms with Crippen LogP contribution in [0.4, 0.5) is 0 Å². The second-order valence-electron chi connectivity index (χ2n) is 2.55. The fourth-order valence-electron chi connectivity index (χ4n) is 1.08. The van der Waals surface area contributed by atoms with Crippen LogP contribution in [0.5, 0.6) is 0 Å². The highest BCUT2D eigenvalue weighted by Crippen LogP contribution is 2.18. The predicted octanol–water partition coefficient (Wildman–Crippen LogP) is 3.10. The third-order valence-corrected chi connectivity index (χ3v) is 2.19. The Bertz CT molecular complexity index is 511. The Kier molecular flexibility index (Phi) is 2.02. The van der Waals surface area contributed by atoms with Crippen LogP contribution in [-0.4, -0.2) is 0 Å². The van der Waals surface area contributed by atoms with Crippen LogP contribution < -0.4 is 5.43 Å². The SMILES string of the molecule is O=c1c(Cl)coc2ccc(Cl)cc12. The first-order chi connectivity index (χ1) is 6.18. The summed E-state index contributed by atoms with van der Waals surface area (Å²) in [6.07, 6.45) is 1.22.